The van der Waals surface area contributed by atoms with E-state index >= 15 is 0 Å². The molecule has 1 aromatic heterocycles. The number of rotatable bonds is 2. The van der Waals surface area contributed by atoms with E-state index in [0.29, 0.717) is 0 Å². The summed E-state index contributed by atoms with van der Waals surface area (Å²) in [4.78, 5) is 1.07. The molecule has 0 amide bonds. The van der Waals surface area contributed by atoms with Gasteiger partial charge in [-0.3, -0.25) is 0 Å². The van der Waals surface area contributed by atoms with Gasteiger partial charge in [0.25, 0.3) is 6.43 Å². The van der Waals surface area contributed by atoms with Crippen molar-refractivity contribution in [3.05, 3.63) is 23.5 Å². The Kier molecular flexibility index (Phi) is 2.95. The Bertz CT molecular complexity index is 488. The lowest BCUT2D eigenvalue weighted by molar-refractivity contribution is 0.140. The molecular weight excluding hydrogens is 240 g/mol. The molecule has 0 aromatic carbocycles. The third-order valence-electron chi connectivity index (χ3n) is 1.48. The van der Waals surface area contributed by atoms with Crippen LogP contribution in [0, 0.1) is 11.8 Å². The topological polar surface area (TPSA) is 73.1 Å². The molecule has 0 saturated carbocycles. The standard InChI is InChI=1S/C6H4F4N2O2S/c7-2-1-12-6(10)3(5(8)9)4(2)15(11,13)14/h1,5H,(H2,11,13,14). The average molecular weight is 244 g/mol. The molecule has 15 heavy (non-hydrogen) atoms. The number of hydrogen-bond acceptors (Lipinski definition) is 3. The summed E-state index contributed by atoms with van der Waals surface area (Å²) >= 11 is 0. The SMILES string of the molecule is NS(=O)(=O)c1c(F)cnc(F)c1C(F)F. The van der Waals surface area contributed by atoms with Crippen LogP contribution in [0.25, 0.3) is 0 Å². The van der Waals surface area contributed by atoms with E-state index in [9.17, 15) is 26.0 Å². The number of nitrogens with two attached hydrogens (primary N) is 1. The molecular formula is C6H4F4N2O2S. The van der Waals surface area contributed by atoms with Crippen LogP contribution in [-0.4, -0.2) is 13.4 Å². The van der Waals surface area contributed by atoms with Gasteiger partial charge in [0.1, 0.15) is 4.90 Å². The summed E-state index contributed by atoms with van der Waals surface area (Å²) in [5.74, 6) is -3.38. The van der Waals surface area contributed by atoms with Gasteiger partial charge in [0.15, 0.2) is 5.82 Å². The first-order chi connectivity index (χ1) is 6.75. The van der Waals surface area contributed by atoms with Crippen molar-refractivity contribution < 1.29 is 26.0 Å². The molecule has 0 aliphatic heterocycles. The van der Waals surface area contributed by atoms with Crippen LogP contribution in [0.15, 0.2) is 11.1 Å². The fourth-order valence-corrected chi connectivity index (χ4v) is 1.75. The fraction of sp³-hybridized carbons (Fsp3) is 0.167. The third-order valence-corrected chi connectivity index (χ3v) is 2.46. The van der Waals surface area contributed by atoms with Crippen molar-refractivity contribution in [2.75, 3.05) is 0 Å². The molecule has 1 heterocycles. The van der Waals surface area contributed by atoms with Crippen molar-refractivity contribution in [1.82, 2.24) is 4.98 Å². The summed E-state index contributed by atoms with van der Waals surface area (Å²) in [5, 5.41) is 4.47. The highest BCUT2D eigenvalue weighted by Gasteiger charge is 2.29. The van der Waals surface area contributed by atoms with Crippen molar-refractivity contribution in [2.45, 2.75) is 11.3 Å². The Labute approximate surface area is 81.8 Å². The van der Waals surface area contributed by atoms with Gasteiger partial charge in [0, 0.05) is 0 Å². The van der Waals surface area contributed by atoms with Gasteiger partial charge in [0.2, 0.25) is 16.0 Å². The number of pyridine rings is 1. The van der Waals surface area contributed by atoms with Gasteiger partial charge in [-0.15, -0.1) is 0 Å². The van der Waals surface area contributed by atoms with Gasteiger partial charge < -0.3 is 0 Å². The monoisotopic (exact) mass is 244 g/mol. The van der Waals surface area contributed by atoms with E-state index in [1.165, 1.54) is 0 Å². The first-order valence-corrected chi connectivity index (χ1v) is 4.94. The van der Waals surface area contributed by atoms with Crippen LogP contribution in [0.2, 0.25) is 0 Å². The summed E-state index contributed by atoms with van der Waals surface area (Å²) in [6.07, 6.45) is -3.36. The van der Waals surface area contributed by atoms with Crippen molar-refractivity contribution in [2.24, 2.45) is 5.14 Å². The van der Waals surface area contributed by atoms with E-state index in [2.05, 4.69) is 10.1 Å². The molecule has 2 N–H and O–H groups in total. The van der Waals surface area contributed by atoms with Crippen molar-refractivity contribution in [3.8, 4) is 0 Å². The van der Waals surface area contributed by atoms with Gasteiger partial charge in [-0.25, -0.2) is 31.7 Å². The second kappa shape index (κ2) is 3.74. The molecule has 1 rings (SSSR count). The Hall–Kier alpha value is -1.22. The van der Waals surface area contributed by atoms with Crippen LogP contribution in [0.3, 0.4) is 0 Å². The maximum absolute atomic E-state index is 12.9. The highest BCUT2D eigenvalue weighted by atomic mass is 32.2. The highest BCUT2D eigenvalue weighted by molar-refractivity contribution is 7.89. The predicted molar refractivity (Wildman–Crippen MR) is 40.5 cm³/mol. The maximum Gasteiger partial charge on any atom is 0.269 e. The molecule has 84 valence electrons. The minimum atomic E-state index is -4.77. The molecule has 0 aliphatic rings. The normalized spacial score (nSPS) is 12.1. The van der Waals surface area contributed by atoms with E-state index in [1.807, 2.05) is 0 Å². The second-order valence-corrected chi connectivity index (χ2v) is 3.98. The lowest BCUT2D eigenvalue weighted by atomic mass is 10.3. The largest absolute Gasteiger partial charge is 0.269 e. The summed E-state index contributed by atoms with van der Waals surface area (Å²) in [6, 6.07) is 0. The molecule has 0 saturated heterocycles. The number of sulfonamides is 1. The third kappa shape index (κ3) is 2.23. The number of alkyl halides is 2. The van der Waals surface area contributed by atoms with E-state index in [4.69, 9.17) is 0 Å². The van der Waals surface area contributed by atoms with Crippen molar-refractivity contribution >= 4 is 10.0 Å². The number of aromatic nitrogens is 1. The molecule has 4 nitrogen and oxygen atoms in total. The molecule has 0 aliphatic carbocycles. The number of nitrogens with zero attached hydrogens (tertiary/aromatic N) is 1. The van der Waals surface area contributed by atoms with Crippen molar-refractivity contribution in [3.63, 3.8) is 0 Å². The van der Waals surface area contributed by atoms with Crippen LogP contribution in [0.4, 0.5) is 17.6 Å². The zero-order valence-corrected chi connectivity index (χ0v) is 7.73. The lowest BCUT2D eigenvalue weighted by Gasteiger charge is -2.07. The molecule has 0 radical (unpaired) electrons. The molecule has 0 spiro atoms. The highest BCUT2D eigenvalue weighted by Crippen LogP contribution is 2.28. The Morgan fingerprint density at radius 1 is 1.33 bits per heavy atom. The van der Waals surface area contributed by atoms with E-state index in [-0.39, 0.29) is 6.20 Å². The Morgan fingerprint density at radius 3 is 2.20 bits per heavy atom. The number of primary sulfonamides is 1. The molecule has 0 bridgehead atoms. The molecule has 0 atom stereocenters. The summed E-state index contributed by atoms with van der Waals surface area (Å²) in [7, 11) is -4.77. The molecule has 1 aromatic rings. The average Bonchev–Trinajstić information content (AvgIpc) is 2.05. The zero-order chi connectivity index (χ0) is 11.8. The van der Waals surface area contributed by atoms with E-state index in [1.54, 1.807) is 0 Å². The lowest BCUT2D eigenvalue weighted by Crippen LogP contribution is -2.18. The van der Waals surface area contributed by atoms with Crippen LogP contribution in [0.1, 0.15) is 12.0 Å². The zero-order valence-electron chi connectivity index (χ0n) is 6.92. The maximum atomic E-state index is 12.9. The Balaban J connectivity index is 3.68. The smallest absolute Gasteiger partial charge is 0.225 e. The first kappa shape index (κ1) is 11.9. The number of halogens is 4. The molecule has 0 fully saturated rings. The number of hydrogen-bond donors (Lipinski definition) is 1. The van der Waals surface area contributed by atoms with Crippen molar-refractivity contribution in [1.29, 1.82) is 0 Å². The van der Waals surface area contributed by atoms with Gasteiger partial charge in [-0.1, -0.05) is 0 Å². The summed E-state index contributed by atoms with van der Waals surface area (Å²) in [5.41, 5.74) is -1.66. The van der Waals surface area contributed by atoms with Gasteiger partial charge in [-0.05, 0) is 0 Å². The Morgan fingerprint density at radius 2 is 1.87 bits per heavy atom. The fourth-order valence-electron chi connectivity index (χ4n) is 0.942. The minimum absolute atomic E-state index is 0.168. The summed E-state index contributed by atoms with van der Waals surface area (Å²) < 4.78 is 71.5. The van der Waals surface area contributed by atoms with Crippen LogP contribution in [-0.2, 0) is 10.0 Å². The first-order valence-electron chi connectivity index (χ1n) is 3.40. The van der Waals surface area contributed by atoms with Crippen LogP contribution in [0.5, 0.6) is 0 Å². The van der Waals surface area contributed by atoms with Crippen LogP contribution >= 0.6 is 0 Å². The summed E-state index contributed by atoms with van der Waals surface area (Å²) in [6.45, 7) is 0. The second-order valence-electron chi connectivity index (χ2n) is 2.49. The quantitative estimate of drug-likeness (QED) is 0.621. The minimum Gasteiger partial charge on any atom is -0.225 e. The van der Waals surface area contributed by atoms with Gasteiger partial charge in [-0.2, -0.15) is 4.39 Å². The molecule has 0 unspecified atom stereocenters. The van der Waals surface area contributed by atoms with E-state index < -0.39 is 38.7 Å². The molecule has 9 heteroatoms. The van der Waals surface area contributed by atoms with Crippen LogP contribution < -0.4 is 5.14 Å². The van der Waals surface area contributed by atoms with E-state index in [0.717, 1.165) is 0 Å². The predicted octanol–water partition coefficient (Wildman–Crippen LogP) is 0.945. The van der Waals surface area contributed by atoms with Gasteiger partial charge >= 0.3 is 0 Å². The van der Waals surface area contributed by atoms with Gasteiger partial charge in [0.05, 0.1) is 11.8 Å².